The Kier molecular flexibility index (Phi) is 5.36. The number of carbonyl (C=O) groups is 1. The first kappa shape index (κ1) is 17.2. The van der Waals surface area contributed by atoms with Crippen LogP contribution in [-0.4, -0.2) is 59.8 Å². The largest absolute Gasteiger partial charge is 0.387 e. The molecule has 1 aliphatic carbocycles. The third-order valence-electron chi connectivity index (χ3n) is 4.90. The minimum absolute atomic E-state index is 0.00628. The highest BCUT2D eigenvalue weighted by molar-refractivity contribution is 5.75. The lowest BCUT2D eigenvalue weighted by molar-refractivity contribution is 0.0397. The number of piperidine rings is 1. The molecule has 0 spiro atoms. The van der Waals surface area contributed by atoms with Gasteiger partial charge in [-0.1, -0.05) is 12.1 Å². The predicted octanol–water partition coefficient (Wildman–Crippen LogP) is 2.55. The van der Waals surface area contributed by atoms with Gasteiger partial charge in [0.15, 0.2) is 0 Å². The summed E-state index contributed by atoms with van der Waals surface area (Å²) in [4.78, 5) is 16.5. The summed E-state index contributed by atoms with van der Waals surface area (Å²) in [6.07, 6.45) is 3.09. The van der Waals surface area contributed by atoms with Gasteiger partial charge < -0.3 is 19.6 Å². The molecule has 0 aromatic heterocycles. The maximum atomic E-state index is 13.0. The molecule has 1 N–H and O–H groups in total. The van der Waals surface area contributed by atoms with E-state index in [1.165, 1.54) is 12.1 Å². The summed E-state index contributed by atoms with van der Waals surface area (Å²) in [5.41, 5.74) is 0.632. The van der Waals surface area contributed by atoms with Crippen LogP contribution in [0.2, 0.25) is 0 Å². The Labute approximate surface area is 142 Å². The second-order valence-electron chi connectivity index (χ2n) is 6.66. The highest BCUT2D eigenvalue weighted by atomic mass is 19.1. The van der Waals surface area contributed by atoms with E-state index in [0.717, 1.165) is 25.7 Å². The molecule has 24 heavy (non-hydrogen) atoms. The fourth-order valence-electron chi connectivity index (χ4n) is 3.21. The molecule has 1 aromatic rings. The Morgan fingerprint density at radius 1 is 1.29 bits per heavy atom. The third-order valence-corrected chi connectivity index (χ3v) is 4.90. The molecule has 1 atom stereocenters. The first-order valence-electron chi connectivity index (χ1n) is 8.60. The van der Waals surface area contributed by atoms with Crippen molar-refractivity contribution >= 4 is 6.03 Å². The molecule has 6 heteroatoms. The number of aliphatic hydroxyl groups is 1. The number of urea groups is 1. The number of nitrogens with zero attached hydrogens (tertiary/aromatic N) is 2. The van der Waals surface area contributed by atoms with Crippen LogP contribution in [0.3, 0.4) is 0 Å². The second-order valence-corrected chi connectivity index (χ2v) is 6.66. The Balaban J connectivity index is 1.62. The number of methoxy groups -OCH3 is 1. The van der Waals surface area contributed by atoms with Crippen molar-refractivity contribution in [2.24, 2.45) is 0 Å². The van der Waals surface area contributed by atoms with E-state index in [2.05, 4.69) is 0 Å². The number of ether oxygens (including phenoxy) is 1. The van der Waals surface area contributed by atoms with Gasteiger partial charge in [0.05, 0.1) is 18.8 Å². The second kappa shape index (κ2) is 7.49. The van der Waals surface area contributed by atoms with E-state index in [0.29, 0.717) is 18.7 Å². The maximum Gasteiger partial charge on any atom is 0.320 e. The lowest BCUT2D eigenvalue weighted by Gasteiger charge is -2.36. The van der Waals surface area contributed by atoms with E-state index in [4.69, 9.17) is 4.74 Å². The van der Waals surface area contributed by atoms with Gasteiger partial charge >= 0.3 is 6.03 Å². The molecule has 1 unspecified atom stereocenters. The number of halogens is 1. The fraction of sp³-hybridized carbons (Fsp3) is 0.611. The lowest BCUT2D eigenvalue weighted by atomic mass is 10.1. The molecule has 1 heterocycles. The summed E-state index contributed by atoms with van der Waals surface area (Å²) in [5, 5.41) is 10.4. The summed E-state index contributed by atoms with van der Waals surface area (Å²) < 4.78 is 18.4. The van der Waals surface area contributed by atoms with Crippen molar-refractivity contribution in [2.75, 3.05) is 26.7 Å². The average molecular weight is 336 g/mol. The summed E-state index contributed by atoms with van der Waals surface area (Å²) in [7, 11) is 1.71. The van der Waals surface area contributed by atoms with Crippen LogP contribution < -0.4 is 0 Å². The van der Waals surface area contributed by atoms with Gasteiger partial charge in [-0.15, -0.1) is 0 Å². The zero-order valence-electron chi connectivity index (χ0n) is 14.0. The number of likely N-dealkylation sites (tertiary alicyclic amines) is 1. The van der Waals surface area contributed by atoms with Crippen LogP contribution in [-0.2, 0) is 4.74 Å². The molecule has 132 valence electrons. The molecule has 1 aromatic carbocycles. The smallest absolute Gasteiger partial charge is 0.320 e. The van der Waals surface area contributed by atoms with Crippen LogP contribution in [0.1, 0.15) is 37.4 Å². The molecule has 2 amide bonds. The Morgan fingerprint density at radius 3 is 2.46 bits per heavy atom. The van der Waals surface area contributed by atoms with Crippen molar-refractivity contribution < 1.29 is 19.0 Å². The molecule has 5 nitrogen and oxygen atoms in total. The number of aliphatic hydroxyl groups excluding tert-OH is 1. The highest BCUT2D eigenvalue weighted by Gasteiger charge is 2.37. The van der Waals surface area contributed by atoms with Crippen LogP contribution in [0.25, 0.3) is 0 Å². The molecule has 3 rings (SSSR count). The van der Waals surface area contributed by atoms with Gasteiger partial charge in [-0.2, -0.15) is 0 Å². The zero-order chi connectivity index (χ0) is 17.1. The van der Waals surface area contributed by atoms with Crippen LogP contribution in [0.4, 0.5) is 9.18 Å². The first-order valence-corrected chi connectivity index (χ1v) is 8.60. The van der Waals surface area contributed by atoms with Crippen molar-refractivity contribution in [3.8, 4) is 0 Å². The molecule has 2 aliphatic rings. The number of amides is 2. The van der Waals surface area contributed by atoms with Gasteiger partial charge in [-0.3, -0.25) is 0 Å². The third kappa shape index (κ3) is 4.05. The van der Waals surface area contributed by atoms with Gasteiger partial charge in [-0.05, 0) is 43.4 Å². The summed E-state index contributed by atoms with van der Waals surface area (Å²) in [5.74, 6) is -0.331. The van der Waals surface area contributed by atoms with Crippen molar-refractivity contribution in [1.82, 2.24) is 9.80 Å². The van der Waals surface area contributed by atoms with Crippen molar-refractivity contribution in [2.45, 2.75) is 43.9 Å². The maximum absolute atomic E-state index is 13.0. The molecule has 1 aliphatic heterocycles. The fourth-order valence-corrected chi connectivity index (χ4v) is 3.21. The Morgan fingerprint density at radius 2 is 1.92 bits per heavy atom. The molecule has 1 saturated heterocycles. The highest BCUT2D eigenvalue weighted by Crippen LogP contribution is 2.30. The van der Waals surface area contributed by atoms with Crippen LogP contribution in [0.15, 0.2) is 24.3 Å². The Bertz CT molecular complexity index is 554. The number of hydrogen-bond donors (Lipinski definition) is 1. The van der Waals surface area contributed by atoms with Crippen LogP contribution in [0.5, 0.6) is 0 Å². The molecule has 0 bridgehead atoms. The topological polar surface area (TPSA) is 53.0 Å². The zero-order valence-corrected chi connectivity index (χ0v) is 14.0. The lowest BCUT2D eigenvalue weighted by Crippen LogP contribution is -2.49. The standard InChI is InChI=1S/C18H25FN2O3/c1-24-16-8-10-20(11-9-16)18(23)21(15-6-7-15)12-17(22)13-2-4-14(19)5-3-13/h2-5,15-17,22H,6-12H2,1H3. The van der Waals surface area contributed by atoms with E-state index < -0.39 is 6.10 Å². The summed E-state index contributed by atoms with van der Waals surface area (Å²) in [6.45, 7) is 1.62. The minimum atomic E-state index is -0.799. The van der Waals surface area contributed by atoms with Gasteiger partial charge in [0, 0.05) is 26.2 Å². The minimum Gasteiger partial charge on any atom is -0.387 e. The first-order chi connectivity index (χ1) is 11.6. The Hall–Kier alpha value is -1.66. The van der Waals surface area contributed by atoms with E-state index in [-0.39, 0.29) is 30.5 Å². The number of rotatable bonds is 5. The summed E-state index contributed by atoms with van der Waals surface area (Å²) >= 11 is 0. The molecule has 1 saturated carbocycles. The molecule has 2 fully saturated rings. The van der Waals surface area contributed by atoms with Crippen LogP contribution in [0, 0.1) is 5.82 Å². The van der Waals surface area contributed by atoms with Crippen LogP contribution >= 0.6 is 0 Å². The molecular formula is C18H25FN2O3. The SMILES string of the molecule is COC1CCN(C(=O)N(CC(O)c2ccc(F)cc2)C2CC2)CC1. The molecule has 0 radical (unpaired) electrons. The van der Waals surface area contributed by atoms with Crippen molar-refractivity contribution in [3.05, 3.63) is 35.6 Å². The van der Waals surface area contributed by atoms with Gasteiger partial charge in [-0.25, -0.2) is 9.18 Å². The van der Waals surface area contributed by atoms with Crippen molar-refractivity contribution in [1.29, 1.82) is 0 Å². The number of benzene rings is 1. The van der Waals surface area contributed by atoms with E-state index in [1.807, 2.05) is 4.90 Å². The van der Waals surface area contributed by atoms with Gasteiger partial charge in [0.2, 0.25) is 0 Å². The van der Waals surface area contributed by atoms with E-state index >= 15 is 0 Å². The molecular weight excluding hydrogens is 311 g/mol. The monoisotopic (exact) mass is 336 g/mol. The van der Waals surface area contributed by atoms with Crippen molar-refractivity contribution in [3.63, 3.8) is 0 Å². The summed E-state index contributed by atoms with van der Waals surface area (Å²) in [6, 6.07) is 6.01. The number of hydrogen-bond acceptors (Lipinski definition) is 3. The predicted molar refractivity (Wildman–Crippen MR) is 88.1 cm³/mol. The number of carbonyl (C=O) groups excluding carboxylic acids is 1. The van der Waals surface area contributed by atoms with Gasteiger partial charge in [0.1, 0.15) is 5.82 Å². The van der Waals surface area contributed by atoms with Gasteiger partial charge in [0.25, 0.3) is 0 Å². The van der Waals surface area contributed by atoms with E-state index in [9.17, 15) is 14.3 Å². The quantitative estimate of drug-likeness (QED) is 0.899. The van der Waals surface area contributed by atoms with E-state index in [1.54, 1.807) is 24.1 Å². The average Bonchev–Trinajstić information content (AvgIpc) is 3.44. The normalized spacial score (nSPS) is 20.0.